The zero-order valence-electron chi connectivity index (χ0n) is 15.5. The number of nitrogens with one attached hydrogen (secondary N) is 1. The van der Waals surface area contributed by atoms with Crippen LogP contribution in [0.2, 0.25) is 0 Å². The van der Waals surface area contributed by atoms with E-state index in [1.54, 1.807) is 4.68 Å². The Morgan fingerprint density at radius 3 is 2.84 bits per heavy atom. The van der Waals surface area contributed by atoms with Crippen molar-refractivity contribution < 1.29 is 4.79 Å². The topological polar surface area (TPSA) is 63.1 Å². The first kappa shape index (κ1) is 17.6. The second-order valence-electron chi connectivity index (χ2n) is 6.96. The lowest BCUT2D eigenvalue weighted by molar-refractivity contribution is 0.0724. The molecule has 1 amide bonds. The zero-order chi connectivity index (χ0) is 18.0. The Kier molecular flexibility index (Phi) is 5.18. The number of likely N-dealkylation sites (tertiary alicyclic amines) is 1. The van der Waals surface area contributed by atoms with Crippen molar-refractivity contribution in [2.24, 2.45) is 0 Å². The van der Waals surface area contributed by atoms with Gasteiger partial charge in [0.1, 0.15) is 5.82 Å². The minimum Gasteiger partial charge on any atom is -0.332 e. The molecule has 0 bridgehead atoms. The fraction of sp³-hybridized carbons (Fsp3) is 0.526. The highest BCUT2D eigenvalue weighted by molar-refractivity contribution is 5.91. The molecule has 1 aromatic heterocycles. The number of likely N-dealkylation sites (N-methyl/N-ethyl adjacent to an activating group) is 1. The highest BCUT2D eigenvalue weighted by Gasteiger charge is 2.31. The molecule has 2 heterocycles. The van der Waals surface area contributed by atoms with Gasteiger partial charge in [0.25, 0.3) is 5.91 Å². The van der Waals surface area contributed by atoms with Gasteiger partial charge < -0.3 is 10.2 Å². The molecule has 1 fully saturated rings. The van der Waals surface area contributed by atoms with Crippen LogP contribution in [0.15, 0.2) is 24.3 Å². The first-order valence-corrected chi connectivity index (χ1v) is 9.01. The zero-order valence-corrected chi connectivity index (χ0v) is 15.5. The molecule has 1 unspecified atom stereocenters. The number of rotatable bonds is 5. The summed E-state index contributed by atoms with van der Waals surface area (Å²) in [6.45, 7) is 7.80. The summed E-state index contributed by atoms with van der Waals surface area (Å²) >= 11 is 0. The van der Waals surface area contributed by atoms with Gasteiger partial charge >= 0.3 is 0 Å². The van der Waals surface area contributed by atoms with E-state index in [0.29, 0.717) is 11.7 Å². The lowest BCUT2D eigenvalue weighted by atomic mass is 10.0. The second kappa shape index (κ2) is 7.35. The lowest BCUT2D eigenvalue weighted by Gasteiger charge is -2.23. The van der Waals surface area contributed by atoms with Gasteiger partial charge in [-0.15, -0.1) is 5.10 Å². The van der Waals surface area contributed by atoms with Crippen molar-refractivity contribution in [3.63, 3.8) is 0 Å². The molecule has 2 aromatic rings. The molecule has 1 atom stereocenters. The standard InChI is InChI=1S/C19H27N5O/c1-13(2)16-9-5-6-10-17(16)24-14(3)21-18(22-24)19(25)23-11-7-8-15(23)12-20-4/h5-6,9-10,13,15,20H,7-8,11-12H2,1-4H3. The Bertz CT molecular complexity index is 752. The summed E-state index contributed by atoms with van der Waals surface area (Å²) in [6, 6.07) is 8.39. The van der Waals surface area contributed by atoms with E-state index in [9.17, 15) is 4.79 Å². The number of aromatic nitrogens is 3. The molecule has 0 aliphatic carbocycles. The molecule has 25 heavy (non-hydrogen) atoms. The van der Waals surface area contributed by atoms with Crippen LogP contribution in [0.3, 0.4) is 0 Å². The minimum absolute atomic E-state index is 0.0679. The van der Waals surface area contributed by atoms with Crippen LogP contribution in [0.4, 0.5) is 0 Å². The van der Waals surface area contributed by atoms with E-state index in [1.165, 1.54) is 5.56 Å². The van der Waals surface area contributed by atoms with Gasteiger partial charge in [0, 0.05) is 19.1 Å². The Morgan fingerprint density at radius 1 is 1.36 bits per heavy atom. The quantitative estimate of drug-likeness (QED) is 0.908. The number of benzene rings is 1. The molecule has 0 saturated carbocycles. The smallest absolute Gasteiger partial charge is 0.293 e. The number of hydrogen-bond donors (Lipinski definition) is 1. The third-order valence-corrected chi connectivity index (χ3v) is 4.82. The molecule has 1 aromatic carbocycles. The second-order valence-corrected chi connectivity index (χ2v) is 6.96. The summed E-state index contributed by atoms with van der Waals surface area (Å²) in [5.74, 6) is 1.33. The van der Waals surface area contributed by atoms with Gasteiger partial charge in [-0.2, -0.15) is 0 Å². The fourth-order valence-electron chi connectivity index (χ4n) is 3.56. The largest absolute Gasteiger partial charge is 0.332 e. The third-order valence-electron chi connectivity index (χ3n) is 4.82. The summed E-state index contributed by atoms with van der Waals surface area (Å²) in [7, 11) is 1.92. The van der Waals surface area contributed by atoms with Crippen LogP contribution in [0.25, 0.3) is 5.69 Å². The molecular weight excluding hydrogens is 314 g/mol. The van der Waals surface area contributed by atoms with Crippen molar-refractivity contribution in [1.29, 1.82) is 0 Å². The fourth-order valence-corrected chi connectivity index (χ4v) is 3.56. The number of para-hydroxylation sites is 1. The Labute approximate surface area is 149 Å². The van der Waals surface area contributed by atoms with E-state index in [-0.39, 0.29) is 11.9 Å². The number of nitrogens with zero attached hydrogens (tertiary/aromatic N) is 4. The van der Waals surface area contributed by atoms with Crippen molar-refractivity contribution in [2.45, 2.75) is 45.6 Å². The third kappa shape index (κ3) is 3.44. The molecule has 0 spiro atoms. The average Bonchev–Trinajstić information content (AvgIpc) is 3.21. The van der Waals surface area contributed by atoms with Gasteiger partial charge in [0.15, 0.2) is 0 Å². The predicted octanol–water partition coefficient (Wildman–Crippen LogP) is 2.52. The summed E-state index contributed by atoms with van der Waals surface area (Å²) in [5, 5.41) is 7.72. The van der Waals surface area contributed by atoms with Crippen molar-refractivity contribution in [3.05, 3.63) is 41.5 Å². The van der Waals surface area contributed by atoms with Crippen LogP contribution < -0.4 is 5.32 Å². The van der Waals surface area contributed by atoms with Crippen LogP contribution in [0.5, 0.6) is 0 Å². The summed E-state index contributed by atoms with van der Waals surface area (Å²) in [5.41, 5.74) is 2.19. The minimum atomic E-state index is -0.0679. The van der Waals surface area contributed by atoms with E-state index in [0.717, 1.165) is 37.4 Å². The van der Waals surface area contributed by atoms with E-state index in [1.807, 2.05) is 37.1 Å². The van der Waals surface area contributed by atoms with Gasteiger partial charge in [-0.1, -0.05) is 32.0 Å². The maximum absolute atomic E-state index is 12.9. The number of hydrogen-bond acceptors (Lipinski definition) is 4. The highest BCUT2D eigenvalue weighted by atomic mass is 16.2. The molecule has 134 valence electrons. The normalized spacial score (nSPS) is 17.5. The summed E-state index contributed by atoms with van der Waals surface area (Å²) in [4.78, 5) is 19.3. The monoisotopic (exact) mass is 341 g/mol. The van der Waals surface area contributed by atoms with E-state index < -0.39 is 0 Å². The van der Waals surface area contributed by atoms with Crippen LogP contribution >= 0.6 is 0 Å². The van der Waals surface area contributed by atoms with E-state index in [4.69, 9.17) is 0 Å². The number of amides is 1. The van der Waals surface area contributed by atoms with E-state index in [2.05, 4.69) is 35.3 Å². The molecule has 1 aliphatic rings. The van der Waals surface area contributed by atoms with Gasteiger partial charge in [-0.05, 0) is 44.4 Å². The first-order valence-electron chi connectivity index (χ1n) is 9.01. The summed E-state index contributed by atoms with van der Waals surface area (Å²) < 4.78 is 1.80. The molecule has 1 aliphatic heterocycles. The molecule has 0 radical (unpaired) electrons. The van der Waals surface area contributed by atoms with Gasteiger partial charge in [0.05, 0.1) is 5.69 Å². The molecule has 3 rings (SSSR count). The maximum Gasteiger partial charge on any atom is 0.293 e. The number of aryl methyl sites for hydroxylation is 1. The lowest BCUT2D eigenvalue weighted by Crippen LogP contribution is -2.41. The highest BCUT2D eigenvalue weighted by Crippen LogP contribution is 2.24. The van der Waals surface area contributed by atoms with Gasteiger partial charge in [0.2, 0.25) is 5.82 Å². The van der Waals surface area contributed by atoms with Gasteiger partial charge in [-0.3, -0.25) is 4.79 Å². The SMILES string of the molecule is CNCC1CCCN1C(=O)c1nc(C)n(-c2ccccc2C(C)C)n1. The molecular formula is C19H27N5O. The van der Waals surface area contributed by atoms with Crippen molar-refractivity contribution in [2.75, 3.05) is 20.1 Å². The molecule has 1 saturated heterocycles. The summed E-state index contributed by atoms with van der Waals surface area (Å²) in [6.07, 6.45) is 2.07. The number of carbonyl (C=O) groups excluding carboxylic acids is 1. The molecule has 6 heteroatoms. The maximum atomic E-state index is 12.9. The first-order chi connectivity index (χ1) is 12.0. The molecule has 1 N–H and O–H groups in total. The van der Waals surface area contributed by atoms with Crippen molar-refractivity contribution >= 4 is 5.91 Å². The van der Waals surface area contributed by atoms with E-state index >= 15 is 0 Å². The number of carbonyl (C=O) groups is 1. The van der Waals surface area contributed by atoms with Crippen LogP contribution in [0.1, 0.15) is 54.6 Å². The Balaban J connectivity index is 1.92. The predicted molar refractivity (Wildman–Crippen MR) is 98.2 cm³/mol. The Hall–Kier alpha value is -2.21. The molecule has 6 nitrogen and oxygen atoms in total. The van der Waals surface area contributed by atoms with Crippen LogP contribution in [-0.4, -0.2) is 51.8 Å². The van der Waals surface area contributed by atoms with Crippen molar-refractivity contribution in [3.8, 4) is 5.69 Å². The Morgan fingerprint density at radius 2 is 2.12 bits per heavy atom. The van der Waals surface area contributed by atoms with Gasteiger partial charge in [-0.25, -0.2) is 9.67 Å². The van der Waals surface area contributed by atoms with Crippen LogP contribution in [0, 0.1) is 6.92 Å². The average molecular weight is 341 g/mol. The van der Waals surface area contributed by atoms with Crippen molar-refractivity contribution in [1.82, 2.24) is 25.0 Å². The van der Waals surface area contributed by atoms with Crippen LogP contribution in [-0.2, 0) is 0 Å².